The Bertz CT molecular complexity index is 753. The smallest absolute Gasteiger partial charge is 0.171 e. The summed E-state index contributed by atoms with van der Waals surface area (Å²) >= 11 is 0. The predicted molar refractivity (Wildman–Crippen MR) is 121 cm³/mol. The summed E-state index contributed by atoms with van der Waals surface area (Å²) < 4.78 is 13.4. The molecule has 0 radical (unpaired) electrons. The zero-order valence-corrected chi connectivity index (χ0v) is 20.5. The van der Waals surface area contributed by atoms with Crippen molar-refractivity contribution in [3.8, 4) is 0 Å². The van der Waals surface area contributed by atoms with Gasteiger partial charge in [0.2, 0.25) is 0 Å². The number of Topliss-reactive ketones (excluding diaryl/α,β-unsaturated/α-hetero) is 1. The SMILES string of the molecule is CC1CCC2(OC1)OC1CC3C4CC[C@@H]5CC(=O)CC[C@]5(C)C4C[C@H](C)[C@]3(C)C1C2C. The minimum absolute atomic E-state index is 0.306. The third kappa shape index (κ3) is 2.69. The molecule has 1 spiro atoms. The second-order valence-corrected chi connectivity index (χ2v) is 13.4. The molecule has 6 rings (SSSR count). The summed E-state index contributed by atoms with van der Waals surface area (Å²) in [4.78, 5) is 12.2. The predicted octanol–water partition coefficient (Wildman–Crippen LogP) is 6.25. The Kier molecular flexibility index (Phi) is 4.65. The highest BCUT2D eigenvalue weighted by atomic mass is 16.7. The number of hydrogen-bond acceptors (Lipinski definition) is 3. The monoisotopic (exact) mass is 428 g/mol. The van der Waals surface area contributed by atoms with Crippen molar-refractivity contribution in [3.05, 3.63) is 0 Å². The summed E-state index contributed by atoms with van der Waals surface area (Å²) in [5.74, 6) is 5.82. The van der Waals surface area contributed by atoms with Gasteiger partial charge in [-0.05, 0) is 90.8 Å². The van der Waals surface area contributed by atoms with Gasteiger partial charge >= 0.3 is 0 Å². The first-order valence-electron chi connectivity index (χ1n) is 13.5. The van der Waals surface area contributed by atoms with Crippen molar-refractivity contribution in [1.82, 2.24) is 0 Å². The van der Waals surface area contributed by atoms with Crippen LogP contribution in [0.3, 0.4) is 0 Å². The van der Waals surface area contributed by atoms with Crippen LogP contribution < -0.4 is 0 Å². The van der Waals surface area contributed by atoms with E-state index in [9.17, 15) is 4.79 Å². The van der Waals surface area contributed by atoms with Crippen LogP contribution in [0.1, 0.15) is 92.4 Å². The van der Waals surface area contributed by atoms with Crippen molar-refractivity contribution in [2.45, 2.75) is 104 Å². The molecule has 0 amide bonds. The Balaban J connectivity index is 1.30. The Labute approximate surface area is 189 Å². The molecular weight excluding hydrogens is 384 g/mol. The summed E-state index contributed by atoms with van der Waals surface area (Å²) in [6.07, 6.45) is 10.8. The van der Waals surface area contributed by atoms with E-state index in [1.54, 1.807) is 0 Å². The number of carbonyl (C=O) groups is 1. The molecule has 2 saturated heterocycles. The fourth-order valence-corrected chi connectivity index (χ4v) is 10.4. The van der Waals surface area contributed by atoms with Gasteiger partial charge in [0.1, 0.15) is 5.78 Å². The van der Waals surface area contributed by atoms with Crippen LogP contribution in [0.15, 0.2) is 0 Å². The van der Waals surface area contributed by atoms with Gasteiger partial charge in [0.05, 0.1) is 12.7 Å². The van der Waals surface area contributed by atoms with E-state index in [4.69, 9.17) is 9.47 Å². The number of hydrogen-bond donors (Lipinski definition) is 0. The maximum Gasteiger partial charge on any atom is 0.171 e. The molecule has 6 fully saturated rings. The molecule has 2 heterocycles. The minimum Gasteiger partial charge on any atom is -0.349 e. The van der Waals surface area contributed by atoms with Gasteiger partial charge in [-0.3, -0.25) is 4.79 Å². The average Bonchev–Trinajstić information content (AvgIpc) is 3.18. The van der Waals surface area contributed by atoms with E-state index < -0.39 is 0 Å². The number of ketones is 1. The first-order valence-corrected chi connectivity index (χ1v) is 13.5. The van der Waals surface area contributed by atoms with Crippen molar-refractivity contribution in [1.29, 1.82) is 0 Å². The molecular formula is C28H44O3. The molecule has 3 nitrogen and oxygen atoms in total. The molecule has 0 N–H and O–H groups in total. The Hall–Kier alpha value is -0.410. The van der Waals surface area contributed by atoms with Crippen LogP contribution in [0.4, 0.5) is 0 Å². The van der Waals surface area contributed by atoms with Gasteiger partial charge in [-0.25, -0.2) is 0 Å². The third-order valence-corrected chi connectivity index (χ3v) is 12.3. The highest BCUT2D eigenvalue weighted by molar-refractivity contribution is 5.79. The zero-order valence-electron chi connectivity index (χ0n) is 20.5. The van der Waals surface area contributed by atoms with Gasteiger partial charge in [0, 0.05) is 25.2 Å². The fourth-order valence-electron chi connectivity index (χ4n) is 10.4. The van der Waals surface area contributed by atoms with Crippen molar-refractivity contribution < 1.29 is 14.3 Å². The van der Waals surface area contributed by atoms with E-state index >= 15 is 0 Å². The van der Waals surface area contributed by atoms with Crippen molar-refractivity contribution in [3.63, 3.8) is 0 Å². The third-order valence-electron chi connectivity index (χ3n) is 12.3. The second-order valence-electron chi connectivity index (χ2n) is 13.4. The first kappa shape index (κ1) is 21.1. The first-order chi connectivity index (χ1) is 14.7. The highest BCUT2D eigenvalue weighted by Gasteiger charge is 2.70. The molecule has 4 saturated carbocycles. The van der Waals surface area contributed by atoms with Crippen LogP contribution in [0.25, 0.3) is 0 Å². The van der Waals surface area contributed by atoms with Crippen molar-refractivity contribution in [2.75, 3.05) is 6.61 Å². The van der Waals surface area contributed by atoms with E-state index in [1.807, 2.05) is 0 Å². The molecule has 8 unspecified atom stereocenters. The molecule has 12 atom stereocenters. The van der Waals surface area contributed by atoms with Gasteiger partial charge in [-0.1, -0.05) is 34.6 Å². The van der Waals surface area contributed by atoms with Crippen molar-refractivity contribution >= 4 is 5.78 Å². The van der Waals surface area contributed by atoms with E-state index in [1.165, 1.54) is 32.1 Å². The number of fused-ring (bicyclic) bond motifs is 7. The molecule has 6 aliphatic rings. The molecule has 0 aromatic heterocycles. The summed E-state index contributed by atoms with van der Waals surface area (Å²) in [6.45, 7) is 13.4. The molecule has 0 bridgehead atoms. The van der Waals surface area contributed by atoms with Crippen LogP contribution in [0.5, 0.6) is 0 Å². The maximum atomic E-state index is 12.2. The lowest BCUT2D eigenvalue weighted by molar-refractivity contribution is -0.273. The molecule has 3 heteroatoms. The quantitative estimate of drug-likeness (QED) is 0.457. The molecule has 31 heavy (non-hydrogen) atoms. The van der Waals surface area contributed by atoms with Crippen LogP contribution >= 0.6 is 0 Å². The zero-order chi connectivity index (χ0) is 21.8. The van der Waals surface area contributed by atoms with Crippen LogP contribution in [0, 0.1) is 58.2 Å². The molecule has 0 aromatic rings. The van der Waals surface area contributed by atoms with Crippen molar-refractivity contribution in [2.24, 2.45) is 58.2 Å². The number of carbonyl (C=O) groups excluding carboxylic acids is 1. The fraction of sp³-hybridized carbons (Fsp3) is 0.964. The van der Waals surface area contributed by atoms with Gasteiger partial charge in [0.25, 0.3) is 0 Å². The van der Waals surface area contributed by atoms with E-state index in [-0.39, 0.29) is 5.79 Å². The molecule has 2 aliphatic heterocycles. The van der Waals surface area contributed by atoms with E-state index in [2.05, 4.69) is 34.6 Å². The number of rotatable bonds is 0. The topological polar surface area (TPSA) is 35.5 Å². The second kappa shape index (κ2) is 6.81. The average molecular weight is 429 g/mol. The summed E-state index contributed by atoms with van der Waals surface area (Å²) in [5.41, 5.74) is 0.759. The lowest BCUT2D eigenvalue weighted by Gasteiger charge is -2.62. The van der Waals surface area contributed by atoms with Gasteiger partial charge in [-0.2, -0.15) is 0 Å². The lowest BCUT2D eigenvalue weighted by Crippen LogP contribution is -2.57. The largest absolute Gasteiger partial charge is 0.349 e. The molecule has 0 aromatic carbocycles. The summed E-state index contributed by atoms with van der Waals surface area (Å²) in [7, 11) is 0. The van der Waals surface area contributed by atoms with E-state index in [0.29, 0.717) is 46.4 Å². The number of ether oxygens (including phenoxy) is 2. The van der Waals surface area contributed by atoms with E-state index in [0.717, 1.165) is 56.0 Å². The minimum atomic E-state index is -0.306. The van der Waals surface area contributed by atoms with Gasteiger partial charge in [0.15, 0.2) is 5.79 Å². The normalized spacial score (nSPS) is 60.9. The standard InChI is InChI=1S/C28H44O3/c1-16-8-11-28(30-15-16)18(3)25-24(31-28)14-23-21-7-6-19-13-20(29)9-10-26(19,4)22(21)12-17(2)27(23,25)5/h16-19,21-25H,6-15H2,1-5H3/t16?,17-,18?,19+,21?,22?,23?,24?,25?,26-,27-,28?/m0/s1. The van der Waals surface area contributed by atoms with Gasteiger partial charge in [-0.15, -0.1) is 0 Å². The van der Waals surface area contributed by atoms with Crippen LogP contribution in [-0.4, -0.2) is 24.3 Å². The van der Waals surface area contributed by atoms with Crippen LogP contribution in [-0.2, 0) is 14.3 Å². The Morgan fingerprint density at radius 3 is 2.52 bits per heavy atom. The highest BCUT2D eigenvalue weighted by Crippen LogP contribution is 2.72. The van der Waals surface area contributed by atoms with Gasteiger partial charge < -0.3 is 9.47 Å². The summed E-state index contributed by atoms with van der Waals surface area (Å²) in [5, 5.41) is 0. The maximum absolute atomic E-state index is 12.2. The van der Waals surface area contributed by atoms with Crippen LogP contribution in [0.2, 0.25) is 0 Å². The Morgan fingerprint density at radius 2 is 1.77 bits per heavy atom. The Morgan fingerprint density at radius 1 is 0.968 bits per heavy atom. The molecule has 174 valence electrons. The molecule has 4 aliphatic carbocycles. The lowest BCUT2D eigenvalue weighted by atomic mass is 9.42. The summed E-state index contributed by atoms with van der Waals surface area (Å²) in [6, 6.07) is 0.